The second kappa shape index (κ2) is 5.25. The van der Waals surface area contributed by atoms with Crippen molar-refractivity contribution in [2.75, 3.05) is 0 Å². The van der Waals surface area contributed by atoms with Gasteiger partial charge in [-0.3, -0.25) is 9.59 Å². The second-order valence-electron chi connectivity index (χ2n) is 3.51. The summed E-state index contributed by atoms with van der Waals surface area (Å²) in [6.45, 7) is 0. The van der Waals surface area contributed by atoms with E-state index in [9.17, 15) is 14.4 Å². The first-order valence-electron chi connectivity index (χ1n) is 5.22. The molecule has 0 radical (unpaired) electrons. The first-order valence-corrected chi connectivity index (χ1v) is 5.22. The lowest BCUT2D eigenvalue weighted by Gasteiger charge is -2.11. The summed E-state index contributed by atoms with van der Waals surface area (Å²) in [5.74, 6) is -1.43. The molecule has 0 aliphatic carbocycles. The minimum atomic E-state index is -0.703. The zero-order valence-corrected chi connectivity index (χ0v) is 9.27. The number of nitrogens with zero attached hydrogens (tertiary/aromatic N) is 5. The maximum absolute atomic E-state index is 11.4. The molecule has 9 heteroatoms. The van der Waals surface area contributed by atoms with Crippen LogP contribution in [0.15, 0.2) is 6.33 Å². The molecule has 2 heterocycles. The standard InChI is InChI=1S/C9H9N5O4/c15-7-2-3-8(16)14(7)18-9(17)4-1-6-12-10-5-11-13-6/h5H,1-4H2. The molecule has 0 spiro atoms. The van der Waals surface area contributed by atoms with Crippen molar-refractivity contribution in [1.82, 2.24) is 25.5 Å². The minimum Gasteiger partial charge on any atom is -0.330 e. The maximum atomic E-state index is 11.4. The average Bonchev–Trinajstić information content (AvgIpc) is 2.69. The fourth-order valence-corrected chi connectivity index (χ4v) is 1.35. The monoisotopic (exact) mass is 251 g/mol. The highest BCUT2D eigenvalue weighted by Gasteiger charge is 2.32. The summed E-state index contributed by atoms with van der Waals surface area (Å²) in [4.78, 5) is 38.4. The predicted octanol–water partition coefficient (Wildman–Crippen LogP) is -1.19. The Bertz CT molecular complexity index is 461. The topological polar surface area (TPSA) is 115 Å². The highest BCUT2D eigenvalue weighted by atomic mass is 16.7. The number of amides is 2. The molecule has 9 nitrogen and oxygen atoms in total. The number of hydrogen-bond donors (Lipinski definition) is 0. The zero-order chi connectivity index (χ0) is 13.0. The smallest absolute Gasteiger partial charge is 0.330 e. The van der Waals surface area contributed by atoms with Gasteiger partial charge < -0.3 is 4.84 Å². The fourth-order valence-electron chi connectivity index (χ4n) is 1.35. The molecule has 2 amide bonds. The van der Waals surface area contributed by atoms with E-state index >= 15 is 0 Å². The van der Waals surface area contributed by atoms with Crippen LogP contribution >= 0.6 is 0 Å². The predicted molar refractivity (Wildman–Crippen MR) is 53.1 cm³/mol. The summed E-state index contributed by atoms with van der Waals surface area (Å²) in [5, 5.41) is 14.8. The van der Waals surface area contributed by atoms with Crippen molar-refractivity contribution in [3.8, 4) is 0 Å². The highest BCUT2D eigenvalue weighted by Crippen LogP contribution is 2.12. The molecule has 1 aliphatic heterocycles. The van der Waals surface area contributed by atoms with Gasteiger partial charge in [0, 0.05) is 19.3 Å². The molecule has 1 aromatic heterocycles. The van der Waals surface area contributed by atoms with E-state index in [0.717, 1.165) is 0 Å². The Morgan fingerprint density at radius 3 is 2.44 bits per heavy atom. The van der Waals surface area contributed by atoms with E-state index in [1.54, 1.807) is 0 Å². The fraction of sp³-hybridized carbons (Fsp3) is 0.444. The molecule has 0 atom stereocenters. The van der Waals surface area contributed by atoms with Gasteiger partial charge in [0.25, 0.3) is 11.8 Å². The van der Waals surface area contributed by atoms with E-state index in [0.29, 0.717) is 5.06 Å². The van der Waals surface area contributed by atoms with Crippen molar-refractivity contribution in [1.29, 1.82) is 0 Å². The van der Waals surface area contributed by atoms with Gasteiger partial charge in [0.1, 0.15) is 0 Å². The molecule has 1 aromatic rings. The van der Waals surface area contributed by atoms with Gasteiger partial charge in [-0.05, 0) is 0 Å². The van der Waals surface area contributed by atoms with Gasteiger partial charge in [-0.2, -0.15) is 0 Å². The van der Waals surface area contributed by atoms with Gasteiger partial charge in [-0.15, -0.1) is 25.5 Å². The average molecular weight is 251 g/mol. The van der Waals surface area contributed by atoms with E-state index in [1.807, 2.05) is 0 Å². The molecule has 0 aromatic carbocycles. The molecular formula is C9H9N5O4. The number of hydrogen-bond acceptors (Lipinski definition) is 8. The number of hydroxylamine groups is 2. The van der Waals surface area contributed by atoms with Gasteiger partial charge in [0.2, 0.25) is 0 Å². The van der Waals surface area contributed by atoms with Crippen LogP contribution in [0, 0.1) is 0 Å². The van der Waals surface area contributed by atoms with E-state index in [2.05, 4.69) is 25.2 Å². The van der Waals surface area contributed by atoms with E-state index in [1.165, 1.54) is 6.33 Å². The summed E-state index contributed by atoms with van der Waals surface area (Å²) in [5.41, 5.74) is 0. The molecule has 1 saturated heterocycles. The van der Waals surface area contributed by atoms with Crippen molar-refractivity contribution in [3.05, 3.63) is 12.2 Å². The molecule has 0 N–H and O–H groups in total. The van der Waals surface area contributed by atoms with Crippen LogP contribution in [0.1, 0.15) is 25.1 Å². The van der Waals surface area contributed by atoms with Crippen molar-refractivity contribution < 1.29 is 19.2 Å². The van der Waals surface area contributed by atoms with Gasteiger partial charge >= 0.3 is 5.97 Å². The number of imide groups is 1. The van der Waals surface area contributed by atoms with E-state index < -0.39 is 17.8 Å². The zero-order valence-electron chi connectivity index (χ0n) is 9.27. The van der Waals surface area contributed by atoms with Crippen LogP contribution in [0.2, 0.25) is 0 Å². The first-order chi connectivity index (χ1) is 8.66. The number of carbonyl (C=O) groups excluding carboxylic acids is 3. The molecule has 0 bridgehead atoms. The summed E-state index contributed by atoms with van der Waals surface area (Å²) in [7, 11) is 0. The third kappa shape index (κ3) is 2.81. The molecule has 1 fully saturated rings. The van der Waals surface area contributed by atoms with Gasteiger partial charge in [-0.25, -0.2) is 4.79 Å². The lowest BCUT2D eigenvalue weighted by molar-refractivity contribution is -0.197. The van der Waals surface area contributed by atoms with Crippen LogP contribution in [0.5, 0.6) is 0 Å². The lowest BCUT2D eigenvalue weighted by atomic mass is 10.3. The van der Waals surface area contributed by atoms with Gasteiger partial charge in [0.15, 0.2) is 12.2 Å². The number of rotatable bonds is 4. The van der Waals surface area contributed by atoms with E-state index in [4.69, 9.17) is 0 Å². The lowest BCUT2D eigenvalue weighted by Crippen LogP contribution is -2.32. The summed E-state index contributed by atoms with van der Waals surface area (Å²) in [6.07, 6.45) is 1.42. The molecular weight excluding hydrogens is 242 g/mol. The van der Waals surface area contributed by atoms with Gasteiger partial charge in [0.05, 0.1) is 6.42 Å². The van der Waals surface area contributed by atoms with E-state index in [-0.39, 0.29) is 31.5 Å². The number of aromatic nitrogens is 4. The van der Waals surface area contributed by atoms with Gasteiger partial charge in [-0.1, -0.05) is 0 Å². The summed E-state index contributed by atoms with van der Waals surface area (Å²) < 4.78 is 0. The summed E-state index contributed by atoms with van der Waals surface area (Å²) in [6, 6.07) is 0. The Morgan fingerprint density at radius 2 is 1.83 bits per heavy atom. The third-order valence-corrected chi connectivity index (χ3v) is 2.20. The highest BCUT2D eigenvalue weighted by molar-refractivity contribution is 6.01. The second-order valence-corrected chi connectivity index (χ2v) is 3.51. The largest absolute Gasteiger partial charge is 0.333 e. The first kappa shape index (κ1) is 12.0. The quantitative estimate of drug-likeness (QED) is 0.613. The molecule has 0 saturated carbocycles. The van der Waals surface area contributed by atoms with Crippen LogP contribution in [0.3, 0.4) is 0 Å². The molecule has 0 unspecified atom stereocenters. The van der Waals surface area contributed by atoms with Crippen molar-refractivity contribution >= 4 is 17.8 Å². The molecule has 18 heavy (non-hydrogen) atoms. The maximum Gasteiger partial charge on any atom is 0.333 e. The van der Waals surface area contributed by atoms with Crippen LogP contribution in [0.4, 0.5) is 0 Å². The van der Waals surface area contributed by atoms with Crippen LogP contribution in [-0.4, -0.2) is 43.2 Å². The minimum absolute atomic E-state index is 0.0650. The Labute approximate surface area is 101 Å². The number of carbonyl (C=O) groups is 3. The van der Waals surface area contributed by atoms with Crippen LogP contribution in [0.25, 0.3) is 0 Å². The van der Waals surface area contributed by atoms with Crippen molar-refractivity contribution in [3.63, 3.8) is 0 Å². The molecule has 94 valence electrons. The normalized spacial score (nSPS) is 15.0. The molecule has 2 rings (SSSR count). The SMILES string of the molecule is O=C(CCc1nncnn1)ON1C(=O)CCC1=O. The Balaban J connectivity index is 1.82. The van der Waals surface area contributed by atoms with Crippen molar-refractivity contribution in [2.45, 2.75) is 25.7 Å². The molecule has 1 aliphatic rings. The third-order valence-electron chi connectivity index (χ3n) is 2.20. The Morgan fingerprint density at radius 1 is 1.22 bits per heavy atom. The Hall–Kier alpha value is -2.45. The van der Waals surface area contributed by atoms with Crippen LogP contribution < -0.4 is 0 Å². The number of aryl methyl sites for hydroxylation is 1. The van der Waals surface area contributed by atoms with Crippen LogP contribution in [-0.2, 0) is 25.6 Å². The Kier molecular flexibility index (Phi) is 3.51. The van der Waals surface area contributed by atoms with Crippen molar-refractivity contribution in [2.24, 2.45) is 0 Å². The summed E-state index contributed by atoms with van der Waals surface area (Å²) >= 11 is 0.